The third-order valence-electron chi connectivity index (χ3n) is 6.08. The van der Waals surface area contributed by atoms with Crippen LogP contribution >= 0.6 is 0 Å². The monoisotopic (exact) mass is 554 g/mol. The highest BCUT2D eigenvalue weighted by atomic mass is 32.2. The fraction of sp³-hybridized carbons (Fsp3) is 0.440. The maximum atomic E-state index is 13.5. The van der Waals surface area contributed by atoms with Gasteiger partial charge in [0.25, 0.3) is 0 Å². The van der Waals surface area contributed by atoms with Crippen LogP contribution in [0.5, 0.6) is 5.75 Å². The molecule has 12 heteroatoms. The van der Waals surface area contributed by atoms with Crippen molar-refractivity contribution in [1.29, 1.82) is 0 Å². The molecule has 9 nitrogen and oxygen atoms in total. The molecule has 0 radical (unpaired) electrons. The molecule has 0 fully saturated rings. The lowest BCUT2D eigenvalue weighted by atomic mass is 10.0. The molecular formula is C25H31FN2O7S2. The minimum absolute atomic E-state index is 0.00595. The SMILES string of the molecule is COCC#Cc1ccc2c(c1)O[C@H](CN(C)S(=O)(=O)c1ccc(F)cc1)[C@H](C)CN([C@@H](C)CO)S2(=O)=O. The second-order valence-electron chi connectivity index (χ2n) is 8.88. The third kappa shape index (κ3) is 6.49. The van der Waals surface area contributed by atoms with Crippen LogP contribution in [0.2, 0.25) is 0 Å². The van der Waals surface area contributed by atoms with E-state index < -0.39 is 50.5 Å². The van der Waals surface area contributed by atoms with Crippen molar-refractivity contribution >= 4 is 20.0 Å². The highest BCUT2D eigenvalue weighted by Crippen LogP contribution is 2.34. The zero-order valence-corrected chi connectivity index (χ0v) is 22.7. The zero-order valence-electron chi connectivity index (χ0n) is 21.1. The molecule has 3 atom stereocenters. The number of nitrogens with zero attached hydrogens (tertiary/aromatic N) is 2. The summed E-state index contributed by atoms with van der Waals surface area (Å²) >= 11 is 0. The Bertz CT molecular complexity index is 1370. The maximum absolute atomic E-state index is 13.5. The average Bonchev–Trinajstić information content (AvgIpc) is 2.86. The first-order valence-electron chi connectivity index (χ1n) is 11.5. The van der Waals surface area contributed by atoms with E-state index in [4.69, 9.17) is 9.47 Å². The van der Waals surface area contributed by atoms with E-state index in [1.165, 1.54) is 42.7 Å². The summed E-state index contributed by atoms with van der Waals surface area (Å²) in [6.07, 6.45) is -0.759. The fourth-order valence-electron chi connectivity index (χ4n) is 3.87. The molecule has 1 aliphatic heterocycles. The van der Waals surface area contributed by atoms with Gasteiger partial charge in [-0.3, -0.25) is 0 Å². The van der Waals surface area contributed by atoms with Gasteiger partial charge in [0.05, 0.1) is 18.0 Å². The molecule has 37 heavy (non-hydrogen) atoms. The number of hydrogen-bond acceptors (Lipinski definition) is 7. The van der Waals surface area contributed by atoms with Gasteiger partial charge in [-0.25, -0.2) is 21.2 Å². The predicted molar refractivity (Wildman–Crippen MR) is 135 cm³/mol. The summed E-state index contributed by atoms with van der Waals surface area (Å²) in [4.78, 5) is -0.185. The van der Waals surface area contributed by atoms with Crippen molar-refractivity contribution in [1.82, 2.24) is 8.61 Å². The molecule has 0 saturated heterocycles. The largest absolute Gasteiger partial charge is 0.487 e. The smallest absolute Gasteiger partial charge is 0.247 e. The predicted octanol–water partition coefficient (Wildman–Crippen LogP) is 1.91. The Balaban J connectivity index is 2.04. The number of likely N-dealkylation sites (N-methyl/N-ethyl adjacent to an activating group) is 1. The maximum Gasteiger partial charge on any atom is 0.247 e. The number of rotatable bonds is 7. The van der Waals surface area contributed by atoms with Gasteiger partial charge in [-0.05, 0) is 49.4 Å². The Hall–Kier alpha value is -2.53. The molecule has 202 valence electrons. The number of benzene rings is 2. The van der Waals surface area contributed by atoms with Crippen LogP contribution in [0.4, 0.5) is 4.39 Å². The summed E-state index contributed by atoms with van der Waals surface area (Å²) in [6.45, 7) is 3.02. The van der Waals surface area contributed by atoms with Crippen molar-refractivity contribution in [3.63, 3.8) is 0 Å². The summed E-state index contributed by atoms with van der Waals surface area (Å²) < 4.78 is 80.1. The Morgan fingerprint density at radius 2 is 1.95 bits per heavy atom. The van der Waals surface area contributed by atoms with Crippen LogP contribution < -0.4 is 4.74 Å². The van der Waals surface area contributed by atoms with Crippen molar-refractivity contribution in [2.75, 3.05) is 40.5 Å². The van der Waals surface area contributed by atoms with E-state index in [2.05, 4.69) is 11.8 Å². The Labute approximate surface area is 217 Å². The summed E-state index contributed by atoms with van der Waals surface area (Å²) in [5, 5.41) is 9.76. The van der Waals surface area contributed by atoms with E-state index >= 15 is 0 Å². The van der Waals surface area contributed by atoms with Crippen molar-refractivity contribution in [3.8, 4) is 17.6 Å². The number of sulfonamides is 2. The highest BCUT2D eigenvalue weighted by molar-refractivity contribution is 7.89. The van der Waals surface area contributed by atoms with E-state index in [9.17, 15) is 26.3 Å². The molecule has 2 aromatic carbocycles. The topological polar surface area (TPSA) is 113 Å². The zero-order chi connectivity index (χ0) is 27.4. The molecule has 1 heterocycles. The van der Waals surface area contributed by atoms with Gasteiger partial charge in [0.2, 0.25) is 20.0 Å². The number of halogens is 1. The lowest BCUT2D eigenvalue weighted by Gasteiger charge is -2.37. The van der Waals surface area contributed by atoms with Gasteiger partial charge in [-0.2, -0.15) is 8.61 Å². The quantitative estimate of drug-likeness (QED) is 0.520. The molecular weight excluding hydrogens is 523 g/mol. The van der Waals surface area contributed by atoms with Crippen molar-refractivity contribution < 1.29 is 35.8 Å². The average molecular weight is 555 g/mol. The number of aliphatic hydroxyl groups excluding tert-OH is 1. The van der Waals surface area contributed by atoms with Crippen LogP contribution in [0.25, 0.3) is 0 Å². The molecule has 0 unspecified atom stereocenters. The van der Waals surface area contributed by atoms with Crippen LogP contribution in [0.1, 0.15) is 19.4 Å². The van der Waals surface area contributed by atoms with Gasteiger partial charge in [0.15, 0.2) is 0 Å². The van der Waals surface area contributed by atoms with Crippen molar-refractivity contribution in [2.24, 2.45) is 5.92 Å². The van der Waals surface area contributed by atoms with Crippen LogP contribution in [0.15, 0.2) is 52.3 Å². The summed E-state index contributed by atoms with van der Waals surface area (Å²) in [5.74, 6) is 4.69. The first kappa shape index (κ1) is 29.0. The lowest BCUT2D eigenvalue weighted by molar-refractivity contribution is 0.0904. The standard InChI is InChI=1S/C25H31FN2O7S2/c1-18-15-28(19(2)17-29)37(32,33)25-12-7-20(6-5-13-34-4)14-23(25)35-24(18)16-27(3)36(30,31)22-10-8-21(26)9-11-22/h7-12,14,18-19,24,29H,13,15-17H2,1-4H3/t18-,19+,24-/m1/s1. The molecule has 0 spiro atoms. The first-order chi connectivity index (χ1) is 17.4. The van der Waals surface area contributed by atoms with E-state index in [-0.39, 0.29) is 35.2 Å². The lowest BCUT2D eigenvalue weighted by Crippen LogP contribution is -2.50. The minimum Gasteiger partial charge on any atom is -0.487 e. The van der Waals surface area contributed by atoms with E-state index in [0.717, 1.165) is 16.4 Å². The van der Waals surface area contributed by atoms with Crippen LogP contribution in [-0.4, -0.2) is 83.2 Å². The molecule has 0 aliphatic carbocycles. The Morgan fingerprint density at radius 1 is 1.27 bits per heavy atom. The number of methoxy groups -OCH3 is 1. The second-order valence-corrected chi connectivity index (χ2v) is 12.8. The van der Waals surface area contributed by atoms with E-state index in [1.807, 2.05) is 0 Å². The molecule has 2 aromatic rings. The number of aliphatic hydroxyl groups is 1. The van der Waals surface area contributed by atoms with Crippen molar-refractivity contribution in [3.05, 3.63) is 53.8 Å². The molecule has 1 N–H and O–H groups in total. The van der Waals surface area contributed by atoms with Gasteiger partial charge < -0.3 is 14.6 Å². The molecule has 3 rings (SSSR count). The Kier molecular flexibility index (Phi) is 9.33. The Morgan fingerprint density at radius 3 is 2.57 bits per heavy atom. The number of hydrogen-bond donors (Lipinski definition) is 1. The van der Waals surface area contributed by atoms with E-state index in [0.29, 0.717) is 5.56 Å². The summed E-state index contributed by atoms with van der Waals surface area (Å²) in [5.41, 5.74) is 0.493. The molecule has 0 amide bonds. The number of ether oxygens (including phenoxy) is 2. The van der Waals surface area contributed by atoms with Gasteiger partial charge in [0, 0.05) is 38.2 Å². The van der Waals surface area contributed by atoms with Crippen LogP contribution in [0, 0.1) is 23.6 Å². The van der Waals surface area contributed by atoms with Gasteiger partial charge in [0.1, 0.15) is 29.2 Å². The first-order valence-corrected chi connectivity index (χ1v) is 14.4. The fourth-order valence-corrected chi connectivity index (χ4v) is 6.88. The second kappa shape index (κ2) is 11.9. The van der Waals surface area contributed by atoms with Gasteiger partial charge >= 0.3 is 0 Å². The molecule has 0 aromatic heterocycles. The van der Waals surface area contributed by atoms with Crippen LogP contribution in [0.3, 0.4) is 0 Å². The minimum atomic E-state index is -4.05. The molecule has 1 aliphatic rings. The van der Waals surface area contributed by atoms with Gasteiger partial charge in [-0.15, -0.1) is 0 Å². The summed E-state index contributed by atoms with van der Waals surface area (Å²) in [7, 11) is -5.14. The molecule has 0 saturated carbocycles. The van der Waals surface area contributed by atoms with Gasteiger partial charge in [-0.1, -0.05) is 18.8 Å². The highest BCUT2D eigenvalue weighted by Gasteiger charge is 2.39. The summed E-state index contributed by atoms with van der Waals surface area (Å²) in [6, 6.07) is 8.22. The number of fused-ring (bicyclic) bond motifs is 1. The van der Waals surface area contributed by atoms with Crippen molar-refractivity contribution in [2.45, 2.75) is 35.8 Å². The van der Waals surface area contributed by atoms with Crippen LogP contribution in [-0.2, 0) is 24.8 Å². The molecule has 0 bridgehead atoms. The third-order valence-corrected chi connectivity index (χ3v) is 9.93. The normalized spacial score (nSPS) is 20.6. The van der Waals surface area contributed by atoms with E-state index in [1.54, 1.807) is 19.9 Å².